The number of hydroxylamine groups is 1. The topological polar surface area (TPSA) is 118 Å². The van der Waals surface area contributed by atoms with Gasteiger partial charge in [0.2, 0.25) is 10.0 Å². The number of carbonyl (C=O) groups excluding carboxylic acids is 1. The predicted octanol–water partition coefficient (Wildman–Crippen LogP) is 2.57. The normalized spacial score (nSPS) is 11.3. The summed E-state index contributed by atoms with van der Waals surface area (Å²) in [5.74, 6) is -0.546. The lowest BCUT2D eigenvalue weighted by atomic mass is 10.1. The van der Waals surface area contributed by atoms with Crippen molar-refractivity contribution in [1.82, 2.24) is 20.2 Å². The van der Waals surface area contributed by atoms with Gasteiger partial charge < -0.3 is 5.32 Å². The van der Waals surface area contributed by atoms with Crippen molar-refractivity contribution in [2.75, 3.05) is 30.0 Å². The molecular weight excluding hydrogens is 444 g/mol. The SMILES string of the molecule is CONC(=O)c1cnc(Cl)cc1Nc1cccc(-c2cnn(C)c2)c1N(C)S(C)(=O)=O. The van der Waals surface area contributed by atoms with E-state index in [2.05, 4.69) is 20.9 Å². The summed E-state index contributed by atoms with van der Waals surface area (Å²) in [6.45, 7) is 0. The predicted molar refractivity (Wildman–Crippen MR) is 119 cm³/mol. The Balaban J connectivity index is 2.19. The van der Waals surface area contributed by atoms with Crippen LogP contribution in [0.25, 0.3) is 11.1 Å². The maximum absolute atomic E-state index is 12.4. The number of halogens is 1. The maximum Gasteiger partial charge on any atom is 0.278 e. The molecular formula is C19H21ClN6O4S. The number of carbonyl (C=O) groups is 1. The lowest BCUT2D eigenvalue weighted by molar-refractivity contribution is 0.0538. The second-order valence-electron chi connectivity index (χ2n) is 6.65. The van der Waals surface area contributed by atoms with Crippen LogP contribution >= 0.6 is 11.6 Å². The van der Waals surface area contributed by atoms with Gasteiger partial charge >= 0.3 is 0 Å². The molecule has 0 saturated heterocycles. The Labute approximate surface area is 184 Å². The standard InChI is InChI=1S/C19H21ClN6O4S/c1-25-11-12(9-22-25)13-6-5-7-15(18(13)26(2)31(4,28)29)23-16-8-17(20)21-10-14(16)19(27)24-30-3/h5-11H,1-4H3,(H,21,23)(H,24,27). The fourth-order valence-electron chi connectivity index (χ4n) is 2.95. The molecule has 1 aromatic carbocycles. The third-order valence-electron chi connectivity index (χ3n) is 4.44. The highest BCUT2D eigenvalue weighted by Gasteiger charge is 2.23. The molecule has 0 saturated carbocycles. The third-order valence-corrected chi connectivity index (χ3v) is 5.83. The number of anilines is 3. The van der Waals surface area contributed by atoms with E-state index in [1.54, 1.807) is 42.3 Å². The van der Waals surface area contributed by atoms with Crippen LogP contribution in [-0.4, -0.2) is 49.5 Å². The van der Waals surface area contributed by atoms with E-state index in [0.29, 0.717) is 22.6 Å². The van der Waals surface area contributed by atoms with Crippen LogP contribution in [-0.2, 0) is 21.9 Å². The first-order valence-electron chi connectivity index (χ1n) is 8.93. The van der Waals surface area contributed by atoms with Gasteiger partial charge in [0.15, 0.2) is 0 Å². The second kappa shape index (κ2) is 8.92. The van der Waals surface area contributed by atoms with Gasteiger partial charge in [-0.15, -0.1) is 0 Å². The number of benzene rings is 1. The molecule has 0 unspecified atom stereocenters. The Morgan fingerprint density at radius 2 is 2.00 bits per heavy atom. The molecule has 0 aliphatic heterocycles. The molecule has 0 fully saturated rings. The molecule has 2 heterocycles. The monoisotopic (exact) mass is 464 g/mol. The highest BCUT2D eigenvalue weighted by atomic mass is 35.5. The van der Waals surface area contributed by atoms with Gasteiger partial charge in [-0.2, -0.15) is 5.10 Å². The molecule has 0 atom stereocenters. The number of sulfonamides is 1. The van der Waals surface area contributed by atoms with E-state index in [9.17, 15) is 13.2 Å². The zero-order valence-corrected chi connectivity index (χ0v) is 18.8. The zero-order chi connectivity index (χ0) is 22.8. The van der Waals surface area contributed by atoms with Crippen molar-refractivity contribution in [3.8, 4) is 11.1 Å². The van der Waals surface area contributed by atoms with E-state index in [-0.39, 0.29) is 10.7 Å². The molecule has 164 valence electrons. The maximum atomic E-state index is 12.4. The summed E-state index contributed by atoms with van der Waals surface area (Å²) in [4.78, 5) is 21.0. The molecule has 31 heavy (non-hydrogen) atoms. The first-order chi connectivity index (χ1) is 14.6. The van der Waals surface area contributed by atoms with E-state index < -0.39 is 15.9 Å². The van der Waals surface area contributed by atoms with Gasteiger partial charge in [-0.05, 0) is 12.1 Å². The Hall–Kier alpha value is -3.15. The number of amides is 1. The molecule has 2 N–H and O–H groups in total. The number of rotatable bonds is 7. The van der Waals surface area contributed by atoms with Crippen molar-refractivity contribution in [3.05, 3.63) is 53.6 Å². The minimum absolute atomic E-state index is 0.151. The Morgan fingerprint density at radius 3 is 2.61 bits per heavy atom. The van der Waals surface area contributed by atoms with Crippen molar-refractivity contribution < 1.29 is 18.0 Å². The van der Waals surface area contributed by atoms with Gasteiger partial charge in [0.1, 0.15) is 5.15 Å². The molecule has 0 aliphatic carbocycles. The van der Waals surface area contributed by atoms with Crippen molar-refractivity contribution in [2.24, 2.45) is 7.05 Å². The van der Waals surface area contributed by atoms with E-state index in [4.69, 9.17) is 16.4 Å². The molecule has 0 radical (unpaired) electrons. The van der Waals surface area contributed by atoms with E-state index in [0.717, 1.165) is 16.1 Å². The molecule has 3 rings (SSSR count). The fourth-order valence-corrected chi connectivity index (χ4v) is 3.64. The minimum Gasteiger partial charge on any atom is -0.353 e. The number of aromatic nitrogens is 3. The van der Waals surface area contributed by atoms with Crippen LogP contribution < -0.4 is 15.1 Å². The number of para-hydroxylation sites is 1. The summed E-state index contributed by atoms with van der Waals surface area (Å²) >= 11 is 6.04. The summed E-state index contributed by atoms with van der Waals surface area (Å²) in [5.41, 5.74) is 4.88. The summed E-state index contributed by atoms with van der Waals surface area (Å²) < 4.78 is 27.6. The summed E-state index contributed by atoms with van der Waals surface area (Å²) in [6.07, 6.45) is 5.82. The van der Waals surface area contributed by atoms with Crippen LogP contribution in [0.2, 0.25) is 5.15 Å². The van der Waals surface area contributed by atoms with Crippen molar-refractivity contribution in [2.45, 2.75) is 0 Å². The number of pyridine rings is 1. The number of hydrogen-bond acceptors (Lipinski definition) is 7. The third kappa shape index (κ3) is 4.95. The molecule has 12 heteroatoms. The highest BCUT2D eigenvalue weighted by Crippen LogP contribution is 2.39. The van der Waals surface area contributed by atoms with E-state index in [1.165, 1.54) is 26.4 Å². The lowest BCUT2D eigenvalue weighted by Crippen LogP contribution is -2.26. The molecule has 0 bridgehead atoms. The smallest absolute Gasteiger partial charge is 0.278 e. The van der Waals surface area contributed by atoms with Crippen molar-refractivity contribution in [1.29, 1.82) is 0 Å². The molecule has 2 aromatic heterocycles. The first-order valence-corrected chi connectivity index (χ1v) is 11.2. The highest BCUT2D eigenvalue weighted by molar-refractivity contribution is 7.92. The minimum atomic E-state index is -3.61. The Kier molecular flexibility index (Phi) is 6.48. The number of aryl methyl sites for hydroxylation is 1. The quantitative estimate of drug-likeness (QED) is 0.407. The van der Waals surface area contributed by atoms with Crippen LogP contribution in [0.3, 0.4) is 0 Å². The van der Waals surface area contributed by atoms with Crippen LogP contribution in [0, 0.1) is 0 Å². The average molecular weight is 465 g/mol. The zero-order valence-electron chi connectivity index (χ0n) is 17.2. The molecule has 3 aromatic rings. The fraction of sp³-hybridized carbons (Fsp3) is 0.211. The average Bonchev–Trinajstić information content (AvgIpc) is 3.13. The van der Waals surface area contributed by atoms with Gasteiger partial charge in [-0.3, -0.25) is 18.6 Å². The number of nitrogens with zero attached hydrogens (tertiary/aromatic N) is 4. The molecule has 0 aliphatic rings. The molecule has 1 amide bonds. The first kappa shape index (κ1) is 22.5. The summed E-state index contributed by atoms with van der Waals surface area (Å²) in [5, 5.41) is 7.44. The summed E-state index contributed by atoms with van der Waals surface area (Å²) in [6, 6.07) is 6.72. The largest absolute Gasteiger partial charge is 0.353 e. The van der Waals surface area contributed by atoms with Gasteiger partial charge in [-0.25, -0.2) is 18.9 Å². The van der Waals surface area contributed by atoms with Gasteiger partial charge in [-0.1, -0.05) is 23.7 Å². The molecule has 10 nitrogen and oxygen atoms in total. The molecule has 0 spiro atoms. The summed E-state index contributed by atoms with van der Waals surface area (Å²) in [7, 11) is 0.922. The van der Waals surface area contributed by atoms with Crippen LogP contribution in [0.1, 0.15) is 10.4 Å². The van der Waals surface area contributed by atoms with Crippen molar-refractivity contribution >= 4 is 44.6 Å². The Bertz CT molecular complexity index is 1230. The van der Waals surface area contributed by atoms with Crippen LogP contribution in [0.15, 0.2) is 42.9 Å². The van der Waals surface area contributed by atoms with Crippen molar-refractivity contribution in [3.63, 3.8) is 0 Å². The lowest BCUT2D eigenvalue weighted by Gasteiger charge is -2.24. The Morgan fingerprint density at radius 1 is 1.26 bits per heavy atom. The van der Waals surface area contributed by atoms with E-state index >= 15 is 0 Å². The van der Waals surface area contributed by atoms with Crippen LogP contribution in [0.4, 0.5) is 17.1 Å². The number of hydrogen-bond donors (Lipinski definition) is 2. The number of nitrogens with one attached hydrogen (secondary N) is 2. The van der Waals surface area contributed by atoms with E-state index in [1.807, 2.05) is 0 Å². The van der Waals surface area contributed by atoms with Gasteiger partial charge in [0.05, 0.1) is 42.2 Å². The van der Waals surface area contributed by atoms with Gasteiger partial charge in [0, 0.05) is 37.6 Å². The van der Waals surface area contributed by atoms with Gasteiger partial charge in [0.25, 0.3) is 5.91 Å². The second-order valence-corrected chi connectivity index (χ2v) is 9.05. The van der Waals surface area contributed by atoms with Crippen LogP contribution in [0.5, 0.6) is 0 Å².